The van der Waals surface area contributed by atoms with E-state index in [0.717, 1.165) is 6.26 Å². The van der Waals surface area contributed by atoms with Crippen LogP contribution in [0, 0.1) is 95.0 Å². The number of nitrogens with zero attached hydrogens (tertiary/aromatic N) is 1. The van der Waals surface area contributed by atoms with Gasteiger partial charge in [0.25, 0.3) is 10.1 Å². The van der Waals surface area contributed by atoms with Gasteiger partial charge in [0.05, 0.1) is 12.9 Å². The predicted molar refractivity (Wildman–Crippen MR) is 75.9 cm³/mol. The van der Waals surface area contributed by atoms with E-state index >= 15 is 0 Å². The normalized spacial score (nSPS) is 18.2. The molecule has 122 valence electrons. The van der Waals surface area contributed by atoms with Crippen molar-refractivity contribution in [3.05, 3.63) is 29.3 Å². The molecular formula is C13H17Ac2NO6S. The molecule has 0 unspecified atom stereocenters. The van der Waals surface area contributed by atoms with Crippen molar-refractivity contribution >= 4 is 16.0 Å². The third-order valence-corrected chi connectivity index (χ3v) is 3.71. The van der Waals surface area contributed by atoms with E-state index in [0.29, 0.717) is 17.0 Å². The fourth-order valence-electron chi connectivity index (χ4n) is 2.02. The van der Waals surface area contributed by atoms with Crippen molar-refractivity contribution in [2.45, 2.75) is 19.1 Å². The molecule has 0 saturated heterocycles. The molecule has 2 atom stereocenters. The number of aliphatic hydroxyl groups excluding tert-OH is 1. The number of aliphatic hydroxyl groups is 1. The van der Waals surface area contributed by atoms with Gasteiger partial charge in [-0.25, -0.2) is 4.99 Å². The molecule has 0 spiro atoms. The van der Waals surface area contributed by atoms with Gasteiger partial charge in [-0.2, -0.15) is 8.42 Å². The van der Waals surface area contributed by atoms with E-state index < -0.39 is 28.9 Å². The number of aromatic hydroxyl groups is 1. The Balaban J connectivity index is 0.00000242. The molecule has 1 aliphatic heterocycles. The van der Waals surface area contributed by atoms with Crippen molar-refractivity contribution in [3.63, 3.8) is 0 Å². The second-order valence-electron chi connectivity index (χ2n) is 4.78. The molecule has 1 aromatic carbocycles. The van der Waals surface area contributed by atoms with Crippen LogP contribution in [0.3, 0.4) is 0 Å². The van der Waals surface area contributed by atoms with Crippen molar-refractivity contribution in [1.29, 1.82) is 0 Å². The fraction of sp³-hybridized carbons (Fsp3) is 0.462. The first-order chi connectivity index (χ1) is 9.81. The van der Waals surface area contributed by atoms with Gasteiger partial charge in [-0.3, -0.25) is 4.18 Å². The van der Waals surface area contributed by atoms with Crippen LogP contribution < -0.4 is 0 Å². The third kappa shape index (κ3) is 6.81. The summed E-state index contributed by atoms with van der Waals surface area (Å²) in [6, 6.07) is 4.32. The van der Waals surface area contributed by atoms with Crippen LogP contribution in [0.15, 0.2) is 23.2 Å². The molecule has 0 bridgehead atoms. The molecule has 2 N–H and O–H groups in total. The maximum atomic E-state index is 11.2. The largest absolute Gasteiger partial charge is 0.508 e. The summed E-state index contributed by atoms with van der Waals surface area (Å²) in [5.74, 6) is 0.414. The van der Waals surface area contributed by atoms with Gasteiger partial charge in [-0.05, 0) is 19.1 Å². The summed E-state index contributed by atoms with van der Waals surface area (Å²) >= 11 is 0. The maximum Gasteiger partial charge on any atom is 0.264 e. The first-order valence-electron chi connectivity index (χ1n) is 6.30. The molecule has 7 nitrogen and oxygen atoms in total. The van der Waals surface area contributed by atoms with Crippen molar-refractivity contribution in [2.24, 2.45) is 4.99 Å². The van der Waals surface area contributed by atoms with Crippen molar-refractivity contribution < 1.29 is 116 Å². The number of hydrogen-bond donors (Lipinski definition) is 2. The standard InChI is InChI=1S/C13H17NO6S.2Ac/c1-8-9(4-3-5-11(8)16)13-14-10(7-19-13)12(6-15)20-21(2,17)18;;/h3-5,10,12,15-16H,6-7H2,1-2H3;;/t10-,12-;;/m0../s1. The summed E-state index contributed by atoms with van der Waals surface area (Å²) in [4.78, 5) is 4.25. The minimum absolute atomic E-state index is 0. The number of ether oxygens (including phenoxy) is 1. The van der Waals surface area contributed by atoms with Gasteiger partial charge in [0, 0.05) is 99.3 Å². The van der Waals surface area contributed by atoms with E-state index in [1.165, 1.54) is 0 Å². The van der Waals surface area contributed by atoms with Crippen LogP contribution in [0.1, 0.15) is 11.1 Å². The Labute approximate surface area is 207 Å². The summed E-state index contributed by atoms with van der Waals surface area (Å²) in [6.07, 6.45) is -0.0785. The number of rotatable bonds is 5. The monoisotopic (exact) mass is 769 g/mol. The summed E-state index contributed by atoms with van der Waals surface area (Å²) in [7, 11) is -3.69. The Bertz CT molecular complexity index is 664. The van der Waals surface area contributed by atoms with Crippen LogP contribution in [-0.4, -0.2) is 56.1 Å². The van der Waals surface area contributed by atoms with E-state index in [9.17, 15) is 18.6 Å². The number of benzene rings is 1. The van der Waals surface area contributed by atoms with E-state index in [1.807, 2.05) is 0 Å². The topological polar surface area (TPSA) is 105 Å². The number of phenolic OH excluding ortho intramolecular Hbond substituents is 1. The Kier molecular flexibility index (Phi) is 11.0. The van der Waals surface area contributed by atoms with Crippen molar-refractivity contribution in [1.82, 2.24) is 0 Å². The van der Waals surface area contributed by atoms with E-state index in [-0.39, 0.29) is 100 Å². The summed E-state index contributed by atoms with van der Waals surface area (Å²) in [5, 5.41) is 18.9. The smallest absolute Gasteiger partial charge is 0.264 e. The van der Waals surface area contributed by atoms with E-state index in [2.05, 4.69) is 4.99 Å². The predicted octanol–water partition coefficient (Wildman–Crippen LogP) is 0.183. The Morgan fingerprint density at radius 1 is 1.43 bits per heavy atom. The van der Waals surface area contributed by atoms with E-state index in [1.54, 1.807) is 25.1 Å². The fourth-order valence-corrected chi connectivity index (χ4v) is 2.66. The molecule has 0 saturated carbocycles. The minimum Gasteiger partial charge on any atom is -0.508 e. The zero-order valence-corrected chi connectivity index (χ0v) is 23.1. The zero-order valence-electron chi connectivity index (χ0n) is 12.8. The second-order valence-corrected chi connectivity index (χ2v) is 6.38. The SMILES string of the molecule is Cc1c(O)cccc1C1=N[C@H]([C@H](CO)OS(C)(=O)=O)CO1.[Ac].[Ac]. The molecule has 2 radical (unpaired) electrons. The first-order valence-corrected chi connectivity index (χ1v) is 8.12. The summed E-state index contributed by atoms with van der Waals surface area (Å²) in [5.41, 5.74) is 1.23. The molecule has 2 rings (SSSR count). The van der Waals surface area contributed by atoms with E-state index in [4.69, 9.17) is 8.92 Å². The second kappa shape index (κ2) is 10.4. The van der Waals surface area contributed by atoms with Crippen LogP contribution in [0.25, 0.3) is 0 Å². The van der Waals surface area contributed by atoms with Crippen molar-refractivity contribution in [3.8, 4) is 5.75 Å². The van der Waals surface area contributed by atoms with Crippen LogP contribution in [0.2, 0.25) is 0 Å². The van der Waals surface area contributed by atoms with Crippen LogP contribution in [0.5, 0.6) is 5.75 Å². The Hall–Kier alpha value is 1.24. The van der Waals surface area contributed by atoms with Gasteiger partial charge in [0.2, 0.25) is 5.90 Å². The number of phenols is 1. The molecule has 0 aliphatic carbocycles. The molecular weight excluding hydrogens is 752 g/mol. The van der Waals surface area contributed by atoms with Gasteiger partial charge in [0.1, 0.15) is 24.5 Å². The Morgan fingerprint density at radius 2 is 2.09 bits per heavy atom. The zero-order chi connectivity index (χ0) is 15.6. The summed E-state index contributed by atoms with van der Waals surface area (Å²) < 4.78 is 32.5. The van der Waals surface area contributed by atoms with Crippen molar-refractivity contribution in [2.75, 3.05) is 19.5 Å². The molecule has 1 aromatic rings. The maximum absolute atomic E-state index is 11.2. The average molecular weight is 769 g/mol. The van der Waals surface area contributed by atoms with Gasteiger partial charge in [-0.15, -0.1) is 0 Å². The molecule has 23 heavy (non-hydrogen) atoms. The molecule has 1 aliphatic rings. The van der Waals surface area contributed by atoms with Gasteiger partial charge in [0.15, 0.2) is 0 Å². The third-order valence-electron chi connectivity index (χ3n) is 3.12. The molecule has 0 aromatic heterocycles. The first kappa shape index (κ1) is 24.2. The van der Waals surface area contributed by atoms with Gasteiger partial charge >= 0.3 is 0 Å². The van der Waals surface area contributed by atoms with Crippen LogP contribution in [0.4, 0.5) is 0 Å². The quantitative estimate of drug-likeness (QED) is 0.415. The molecule has 0 amide bonds. The number of aliphatic imine (C=N–C) groups is 1. The molecule has 1 heterocycles. The molecule has 10 heteroatoms. The Morgan fingerprint density at radius 3 is 2.65 bits per heavy atom. The molecule has 0 fully saturated rings. The number of hydrogen-bond acceptors (Lipinski definition) is 7. The van der Waals surface area contributed by atoms with Gasteiger partial charge in [-0.1, -0.05) is 6.07 Å². The minimum atomic E-state index is -3.69. The van der Waals surface area contributed by atoms with Crippen LogP contribution in [-0.2, 0) is 19.0 Å². The van der Waals surface area contributed by atoms with Crippen LogP contribution >= 0.6 is 0 Å². The van der Waals surface area contributed by atoms with Gasteiger partial charge < -0.3 is 14.9 Å². The average Bonchev–Trinajstić information content (AvgIpc) is 2.87. The summed E-state index contributed by atoms with van der Waals surface area (Å²) in [6.45, 7) is 1.34.